The van der Waals surface area contributed by atoms with Crippen molar-refractivity contribution in [3.8, 4) is 0 Å². The molecular weight excluding hydrogens is 286 g/mol. The van der Waals surface area contributed by atoms with Crippen LogP contribution in [0.15, 0.2) is 46.6 Å². The molecule has 0 radical (unpaired) electrons. The molecule has 106 valence electrons. The molecule has 0 atom stereocenters. The largest absolute Gasteiger partial charge is 0.463 e. The summed E-state index contributed by atoms with van der Waals surface area (Å²) in [5.74, 6) is 0.412. The van der Waals surface area contributed by atoms with E-state index in [-0.39, 0.29) is 5.97 Å². The van der Waals surface area contributed by atoms with Crippen molar-refractivity contribution in [3.63, 3.8) is 0 Å². The standard InChI is InChI=1S/C15H13N3O2S/c1-2-20-13(19)6-4-10-3-5-12-11(9-10)18-14-15(21-12)17-8-7-16-14/h3-9H,2H2,1H3,(H,16,18)/b6-4+. The molecule has 6 heteroatoms. The fourth-order valence-corrected chi connectivity index (χ4v) is 2.79. The molecule has 0 spiro atoms. The average molecular weight is 299 g/mol. The zero-order valence-corrected chi connectivity index (χ0v) is 12.2. The first kappa shape index (κ1) is 13.6. The SMILES string of the molecule is CCOC(=O)/C=C/c1ccc2c(c1)Nc1nccnc1S2. The van der Waals surface area contributed by atoms with Crippen LogP contribution in [0.5, 0.6) is 0 Å². The first-order chi connectivity index (χ1) is 10.3. The monoisotopic (exact) mass is 299 g/mol. The van der Waals surface area contributed by atoms with Gasteiger partial charge in [-0.1, -0.05) is 17.8 Å². The van der Waals surface area contributed by atoms with E-state index >= 15 is 0 Å². The Labute approximate surface area is 126 Å². The maximum atomic E-state index is 11.3. The summed E-state index contributed by atoms with van der Waals surface area (Å²) in [7, 11) is 0. The van der Waals surface area contributed by atoms with Crippen LogP contribution in [0, 0.1) is 0 Å². The topological polar surface area (TPSA) is 64.1 Å². The molecule has 3 rings (SSSR count). The van der Waals surface area contributed by atoms with Gasteiger partial charge in [-0.15, -0.1) is 0 Å². The van der Waals surface area contributed by atoms with Crippen molar-refractivity contribution in [1.82, 2.24) is 9.97 Å². The van der Waals surface area contributed by atoms with Gasteiger partial charge in [-0.25, -0.2) is 14.8 Å². The molecule has 0 amide bonds. The Hall–Kier alpha value is -2.34. The van der Waals surface area contributed by atoms with E-state index in [2.05, 4.69) is 15.3 Å². The summed E-state index contributed by atoms with van der Waals surface area (Å²) in [5, 5.41) is 4.11. The fourth-order valence-electron chi connectivity index (χ4n) is 1.91. The predicted molar refractivity (Wildman–Crippen MR) is 81.5 cm³/mol. The summed E-state index contributed by atoms with van der Waals surface area (Å²) in [6, 6.07) is 5.91. The minimum absolute atomic E-state index is 0.339. The van der Waals surface area contributed by atoms with E-state index in [4.69, 9.17) is 4.74 Å². The minimum Gasteiger partial charge on any atom is -0.463 e. The molecule has 0 fully saturated rings. The van der Waals surface area contributed by atoms with E-state index in [9.17, 15) is 4.79 Å². The molecule has 1 aliphatic heterocycles. The molecule has 1 aromatic carbocycles. The van der Waals surface area contributed by atoms with Gasteiger partial charge in [0.2, 0.25) is 0 Å². The van der Waals surface area contributed by atoms with E-state index < -0.39 is 0 Å². The lowest BCUT2D eigenvalue weighted by Gasteiger charge is -2.18. The molecule has 0 unspecified atom stereocenters. The highest BCUT2D eigenvalue weighted by Gasteiger charge is 2.17. The van der Waals surface area contributed by atoms with E-state index in [1.165, 1.54) is 6.08 Å². The van der Waals surface area contributed by atoms with Gasteiger partial charge >= 0.3 is 5.97 Å². The number of esters is 1. The van der Waals surface area contributed by atoms with Gasteiger partial charge in [0.25, 0.3) is 0 Å². The van der Waals surface area contributed by atoms with Crippen molar-refractivity contribution < 1.29 is 9.53 Å². The Morgan fingerprint density at radius 1 is 1.38 bits per heavy atom. The zero-order chi connectivity index (χ0) is 14.7. The first-order valence-electron chi connectivity index (χ1n) is 6.51. The molecule has 1 N–H and O–H groups in total. The number of rotatable bonds is 3. The van der Waals surface area contributed by atoms with Crippen LogP contribution >= 0.6 is 11.8 Å². The molecule has 21 heavy (non-hydrogen) atoms. The van der Waals surface area contributed by atoms with Crippen LogP contribution in [0.3, 0.4) is 0 Å². The molecule has 2 aromatic rings. The number of hydrogen-bond acceptors (Lipinski definition) is 6. The number of ether oxygens (including phenoxy) is 1. The number of nitrogens with zero attached hydrogens (tertiary/aromatic N) is 2. The van der Waals surface area contributed by atoms with Crippen molar-refractivity contribution in [1.29, 1.82) is 0 Å². The van der Waals surface area contributed by atoms with Crippen LogP contribution in [0.1, 0.15) is 12.5 Å². The molecule has 0 saturated heterocycles. The Balaban J connectivity index is 1.82. The lowest BCUT2D eigenvalue weighted by molar-refractivity contribution is -0.137. The summed E-state index contributed by atoms with van der Waals surface area (Å²) < 4.78 is 4.86. The van der Waals surface area contributed by atoms with Gasteiger partial charge in [0.15, 0.2) is 5.82 Å². The van der Waals surface area contributed by atoms with Crippen molar-refractivity contribution in [2.45, 2.75) is 16.8 Å². The molecule has 0 aliphatic carbocycles. The number of nitrogens with one attached hydrogen (secondary N) is 1. The Morgan fingerprint density at radius 3 is 3.10 bits per heavy atom. The second-order valence-electron chi connectivity index (χ2n) is 4.28. The van der Waals surface area contributed by atoms with Crippen molar-refractivity contribution in [3.05, 3.63) is 42.2 Å². The number of fused-ring (bicyclic) bond motifs is 2. The van der Waals surface area contributed by atoms with Crippen molar-refractivity contribution >= 4 is 35.3 Å². The van der Waals surface area contributed by atoms with Gasteiger partial charge in [-0.2, -0.15) is 0 Å². The highest BCUT2D eigenvalue weighted by atomic mass is 32.2. The fraction of sp³-hybridized carbons (Fsp3) is 0.133. The average Bonchev–Trinajstić information content (AvgIpc) is 2.51. The lowest BCUT2D eigenvalue weighted by atomic mass is 10.2. The number of aromatic nitrogens is 2. The van der Waals surface area contributed by atoms with Crippen LogP contribution < -0.4 is 5.32 Å². The number of carbonyl (C=O) groups excluding carboxylic acids is 1. The highest BCUT2D eigenvalue weighted by molar-refractivity contribution is 7.99. The molecule has 1 aromatic heterocycles. The van der Waals surface area contributed by atoms with Gasteiger partial charge in [0.1, 0.15) is 5.03 Å². The lowest BCUT2D eigenvalue weighted by Crippen LogP contribution is -2.03. The molecule has 0 saturated carbocycles. The Morgan fingerprint density at radius 2 is 2.24 bits per heavy atom. The molecule has 1 aliphatic rings. The third kappa shape index (κ3) is 3.05. The third-order valence-electron chi connectivity index (χ3n) is 2.83. The van der Waals surface area contributed by atoms with Crippen molar-refractivity contribution in [2.24, 2.45) is 0 Å². The molecule has 2 heterocycles. The Kier molecular flexibility index (Phi) is 3.87. The minimum atomic E-state index is -0.339. The normalized spacial score (nSPS) is 12.4. The number of carbonyl (C=O) groups is 1. The number of hydrogen-bond donors (Lipinski definition) is 1. The summed E-state index contributed by atoms with van der Waals surface area (Å²) in [4.78, 5) is 20.9. The van der Waals surface area contributed by atoms with Gasteiger partial charge in [0.05, 0.1) is 12.3 Å². The van der Waals surface area contributed by atoms with E-state index in [1.807, 2.05) is 18.2 Å². The number of anilines is 2. The van der Waals surface area contributed by atoms with Crippen LogP contribution in [-0.2, 0) is 9.53 Å². The molecule has 0 bridgehead atoms. The molecular formula is C15H13N3O2S. The maximum absolute atomic E-state index is 11.3. The Bertz CT molecular complexity index is 716. The quantitative estimate of drug-likeness (QED) is 0.591. The summed E-state index contributed by atoms with van der Waals surface area (Å²) in [5.41, 5.74) is 1.88. The van der Waals surface area contributed by atoms with Gasteiger partial charge in [-0.05, 0) is 30.7 Å². The maximum Gasteiger partial charge on any atom is 0.330 e. The van der Waals surface area contributed by atoms with E-state index in [0.717, 1.165) is 27.0 Å². The van der Waals surface area contributed by atoms with Crippen molar-refractivity contribution in [2.75, 3.05) is 11.9 Å². The summed E-state index contributed by atoms with van der Waals surface area (Å²) in [6.07, 6.45) is 6.49. The predicted octanol–water partition coefficient (Wildman–Crippen LogP) is 3.26. The van der Waals surface area contributed by atoms with Crippen LogP contribution in [-0.4, -0.2) is 22.5 Å². The zero-order valence-electron chi connectivity index (χ0n) is 11.4. The second-order valence-corrected chi connectivity index (χ2v) is 5.31. The van der Waals surface area contributed by atoms with Crippen LogP contribution in [0.25, 0.3) is 6.08 Å². The van der Waals surface area contributed by atoms with Gasteiger partial charge in [0, 0.05) is 23.4 Å². The highest BCUT2D eigenvalue weighted by Crippen LogP contribution is 2.42. The first-order valence-corrected chi connectivity index (χ1v) is 7.32. The summed E-state index contributed by atoms with van der Waals surface area (Å²) >= 11 is 1.57. The number of benzene rings is 1. The summed E-state index contributed by atoms with van der Waals surface area (Å²) in [6.45, 7) is 2.16. The van der Waals surface area contributed by atoms with Crippen LogP contribution in [0.4, 0.5) is 11.5 Å². The smallest absolute Gasteiger partial charge is 0.330 e. The van der Waals surface area contributed by atoms with Gasteiger partial charge < -0.3 is 10.1 Å². The second kappa shape index (κ2) is 5.97. The van der Waals surface area contributed by atoms with E-state index in [1.54, 1.807) is 37.2 Å². The third-order valence-corrected chi connectivity index (χ3v) is 3.89. The molecule has 5 nitrogen and oxygen atoms in total. The van der Waals surface area contributed by atoms with Crippen LogP contribution in [0.2, 0.25) is 0 Å². The van der Waals surface area contributed by atoms with Gasteiger partial charge in [-0.3, -0.25) is 0 Å². The van der Waals surface area contributed by atoms with E-state index in [0.29, 0.717) is 6.61 Å².